The van der Waals surface area contributed by atoms with E-state index in [4.69, 9.17) is 4.74 Å². The smallest absolute Gasteiger partial charge is 0.241 e. The van der Waals surface area contributed by atoms with Gasteiger partial charge in [-0.25, -0.2) is 0 Å². The highest BCUT2D eigenvalue weighted by molar-refractivity contribution is 5.84. The van der Waals surface area contributed by atoms with Crippen LogP contribution >= 0.6 is 0 Å². The summed E-state index contributed by atoms with van der Waals surface area (Å²) in [6.07, 6.45) is 4.03. The summed E-state index contributed by atoms with van der Waals surface area (Å²) >= 11 is 0. The second kappa shape index (κ2) is 8.15. The van der Waals surface area contributed by atoms with Crippen molar-refractivity contribution in [2.24, 2.45) is 0 Å². The molecule has 4 nitrogen and oxygen atoms in total. The van der Waals surface area contributed by atoms with Gasteiger partial charge in [0, 0.05) is 20.3 Å². The summed E-state index contributed by atoms with van der Waals surface area (Å²) in [6, 6.07) is 10.2. The van der Waals surface area contributed by atoms with Gasteiger partial charge in [0.15, 0.2) is 0 Å². The molecule has 2 unspecified atom stereocenters. The molecule has 116 valence electrons. The van der Waals surface area contributed by atoms with Gasteiger partial charge in [0.25, 0.3) is 0 Å². The number of methoxy groups -OCH3 is 1. The number of unbranched alkanes of at least 4 members (excludes halogenated alkanes) is 2. The van der Waals surface area contributed by atoms with E-state index >= 15 is 0 Å². The fraction of sp³-hybridized carbons (Fsp3) is 0.588. The Hall–Kier alpha value is -1.39. The van der Waals surface area contributed by atoms with Crippen molar-refractivity contribution in [3.8, 4) is 0 Å². The highest BCUT2D eigenvalue weighted by Gasteiger charge is 2.37. The van der Waals surface area contributed by atoms with E-state index in [9.17, 15) is 4.79 Å². The number of ether oxygens (including phenoxy) is 1. The molecule has 2 atom stereocenters. The average molecular weight is 290 g/mol. The fourth-order valence-electron chi connectivity index (χ4n) is 2.83. The summed E-state index contributed by atoms with van der Waals surface area (Å²) in [6.45, 7) is 3.66. The van der Waals surface area contributed by atoms with Gasteiger partial charge in [-0.1, -0.05) is 37.3 Å². The molecule has 1 aliphatic heterocycles. The van der Waals surface area contributed by atoms with Crippen LogP contribution in [0.25, 0.3) is 0 Å². The van der Waals surface area contributed by atoms with Crippen LogP contribution < -0.4 is 5.32 Å². The van der Waals surface area contributed by atoms with Crippen LogP contribution in [0.3, 0.4) is 0 Å². The van der Waals surface area contributed by atoms with Crippen molar-refractivity contribution in [1.82, 2.24) is 10.2 Å². The summed E-state index contributed by atoms with van der Waals surface area (Å²) < 4.78 is 5.07. The lowest BCUT2D eigenvalue weighted by Gasteiger charge is -2.24. The lowest BCUT2D eigenvalue weighted by Crippen LogP contribution is -2.31. The van der Waals surface area contributed by atoms with Gasteiger partial charge in [-0.3, -0.25) is 10.1 Å². The molecule has 1 saturated heterocycles. The maximum atomic E-state index is 12.5. The molecule has 0 bridgehead atoms. The third-order valence-electron chi connectivity index (χ3n) is 4.02. The quantitative estimate of drug-likeness (QED) is 0.749. The van der Waals surface area contributed by atoms with Crippen LogP contribution in [0.4, 0.5) is 0 Å². The minimum Gasteiger partial charge on any atom is -0.385 e. The van der Waals surface area contributed by atoms with Crippen LogP contribution in [0.15, 0.2) is 30.3 Å². The van der Waals surface area contributed by atoms with Crippen LogP contribution in [-0.4, -0.2) is 37.1 Å². The first kappa shape index (κ1) is 16.0. The van der Waals surface area contributed by atoms with Crippen LogP contribution in [0.1, 0.15) is 44.3 Å². The van der Waals surface area contributed by atoms with Crippen molar-refractivity contribution < 1.29 is 9.53 Å². The SMILES string of the molecule is CCC1NC(c2ccccc2)N(CCCCCOC)C1=O. The van der Waals surface area contributed by atoms with E-state index in [-0.39, 0.29) is 18.1 Å². The molecule has 1 N–H and O–H groups in total. The Morgan fingerprint density at radius 2 is 1.95 bits per heavy atom. The zero-order valence-electron chi connectivity index (χ0n) is 13.0. The Morgan fingerprint density at radius 3 is 2.62 bits per heavy atom. The lowest BCUT2D eigenvalue weighted by atomic mass is 10.1. The van der Waals surface area contributed by atoms with Crippen molar-refractivity contribution in [2.45, 2.75) is 44.8 Å². The number of rotatable bonds is 8. The van der Waals surface area contributed by atoms with Crippen LogP contribution in [0.2, 0.25) is 0 Å². The molecular formula is C17H26N2O2. The molecule has 1 aliphatic rings. The molecule has 0 aromatic heterocycles. The number of hydrogen-bond acceptors (Lipinski definition) is 3. The molecular weight excluding hydrogens is 264 g/mol. The van der Waals surface area contributed by atoms with Crippen LogP contribution in [0.5, 0.6) is 0 Å². The Balaban J connectivity index is 1.98. The highest BCUT2D eigenvalue weighted by atomic mass is 16.5. The molecule has 0 radical (unpaired) electrons. The summed E-state index contributed by atoms with van der Waals surface area (Å²) in [7, 11) is 1.73. The zero-order valence-corrected chi connectivity index (χ0v) is 13.0. The van der Waals surface area contributed by atoms with E-state index in [0.29, 0.717) is 0 Å². The summed E-state index contributed by atoms with van der Waals surface area (Å²) in [5.74, 6) is 0.234. The number of nitrogens with zero attached hydrogens (tertiary/aromatic N) is 1. The predicted molar refractivity (Wildman–Crippen MR) is 83.8 cm³/mol. The third kappa shape index (κ3) is 4.05. The van der Waals surface area contributed by atoms with Gasteiger partial charge in [0.2, 0.25) is 5.91 Å². The largest absolute Gasteiger partial charge is 0.385 e. The first-order chi connectivity index (χ1) is 10.3. The molecule has 1 aromatic carbocycles. The number of carbonyl (C=O) groups is 1. The summed E-state index contributed by atoms with van der Waals surface area (Å²) in [5.41, 5.74) is 1.17. The minimum atomic E-state index is -0.0471. The van der Waals surface area contributed by atoms with E-state index < -0.39 is 0 Å². The molecule has 21 heavy (non-hydrogen) atoms. The number of benzene rings is 1. The summed E-state index contributed by atoms with van der Waals surface area (Å²) in [5, 5.41) is 3.46. The molecule has 0 spiro atoms. The molecule has 1 amide bonds. The van der Waals surface area contributed by atoms with Crippen molar-refractivity contribution in [3.63, 3.8) is 0 Å². The molecule has 1 heterocycles. The van der Waals surface area contributed by atoms with Crippen molar-refractivity contribution in [3.05, 3.63) is 35.9 Å². The number of hydrogen-bond donors (Lipinski definition) is 1. The van der Waals surface area contributed by atoms with E-state index in [1.54, 1.807) is 7.11 Å². The predicted octanol–water partition coefficient (Wildman–Crippen LogP) is 2.71. The Morgan fingerprint density at radius 1 is 1.19 bits per heavy atom. The first-order valence-electron chi connectivity index (χ1n) is 7.88. The third-order valence-corrected chi connectivity index (χ3v) is 4.02. The average Bonchev–Trinajstić information content (AvgIpc) is 2.84. The van der Waals surface area contributed by atoms with Gasteiger partial charge in [-0.15, -0.1) is 0 Å². The van der Waals surface area contributed by atoms with Gasteiger partial charge in [-0.2, -0.15) is 0 Å². The molecule has 2 rings (SSSR count). The molecule has 1 fully saturated rings. The van der Waals surface area contributed by atoms with Gasteiger partial charge >= 0.3 is 0 Å². The van der Waals surface area contributed by atoms with Crippen LogP contribution in [-0.2, 0) is 9.53 Å². The minimum absolute atomic E-state index is 0.0195. The van der Waals surface area contributed by atoms with E-state index in [2.05, 4.69) is 24.4 Å². The normalized spacial score (nSPS) is 22.0. The Bertz CT molecular complexity index is 436. The standard InChI is InChI=1S/C17H26N2O2/c1-3-15-17(20)19(12-8-5-9-13-21-2)16(18-15)14-10-6-4-7-11-14/h4,6-7,10-11,15-16,18H,3,5,8-9,12-13H2,1-2H3. The topological polar surface area (TPSA) is 41.6 Å². The monoisotopic (exact) mass is 290 g/mol. The Kier molecular flexibility index (Phi) is 6.21. The Labute approximate surface area is 127 Å². The van der Waals surface area contributed by atoms with E-state index in [1.807, 2.05) is 23.1 Å². The van der Waals surface area contributed by atoms with Crippen LogP contribution in [0, 0.1) is 0 Å². The zero-order chi connectivity index (χ0) is 15.1. The van der Waals surface area contributed by atoms with Gasteiger partial charge in [0.05, 0.1) is 6.04 Å². The van der Waals surface area contributed by atoms with E-state index in [0.717, 1.165) is 38.8 Å². The summed E-state index contributed by atoms with van der Waals surface area (Å²) in [4.78, 5) is 14.5. The number of carbonyl (C=O) groups excluding carboxylic acids is 1. The highest BCUT2D eigenvalue weighted by Crippen LogP contribution is 2.26. The van der Waals surface area contributed by atoms with Gasteiger partial charge < -0.3 is 9.64 Å². The molecule has 0 saturated carbocycles. The lowest BCUT2D eigenvalue weighted by molar-refractivity contribution is -0.130. The van der Waals surface area contributed by atoms with Crippen molar-refractivity contribution in [1.29, 1.82) is 0 Å². The number of amides is 1. The number of nitrogens with one attached hydrogen (secondary N) is 1. The second-order valence-corrected chi connectivity index (χ2v) is 5.53. The molecule has 4 heteroatoms. The first-order valence-corrected chi connectivity index (χ1v) is 7.88. The fourth-order valence-corrected chi connectivity index (χ4v) is 2.83. The maximum Gasteiger partial charge on any atom is 0.241 e. The van der Waals surface area contributed by atoms with E-state index in [1.165, 1.54) is 5.56 Å². The maximum absolute atomic E-state index is 12.5. The molecule has 1 aromatic rings. The van der Waals surface area contributed by atoms with Crippen molar-refractivity contribution in [2.75, 3.05) is 20.3 Å². The molecule has 0 aliphatic carbocycles. The second-order valence-electron chi connectivity index (χ2n) is 5.53. The van der Waals surface area contributed by atoms with Crippen molar-refractivity contribution >= 4 is 5.91 Å². The van der Waals surface area contributed by atoms with Gasteiger partial charge in [0.1, 0.15) is 6.17 Å². The van der Waals surface area contributed by atoms with Gasteiger partial charge in [-0.05, 0) is 31.2 Å².